The highest BCUT2D eigenvalue weighted by Crippen LogP contribution is 2.25. The zero-order valence-corrected chi connectivity index (χ0v) is 15.2. The molecule has 134 valence electrons. The molecule has 1 aliphatic carbocycles. The summed E-state index contributed by atoms with van der Waals surface area (Å²) >= 11 is 5.73. The Balaban J connectivity index is 1.99. The molecule has 0 spiro atoms. The first-order chi connectivity index (χ1) is 11.3. The van der Waals surface area contributed by atoms with E-state index in [9.17, 15) is 17.6 Å². The summed E-state index contributed by atoms with van der Waals surface area (Å²) in [6.07, 6.45) is 6.11. The lowest BCUT2D eigenvalue weighted by Gasteiger charge is -2.24. The van der Waals surface area contributed by atoms with E-state index in [0.29, 0.717) is 0 Å². The third-order valence-electron chi connectivity index (χ3n) is 4.18. The normalized spacial score (nSPS) is 16.0. The summed E-state index contributed by atoms with van der Waals surface area (Å²) in [6, 6.07) is 3.74. The Morgan fingerprint density at radius 1 is 1.33 bits per heavy atom. The molecule has 0 heterocycles. The Kier molecular flexibility index (Phi) is 6.46. The van der Waals surface area contributed by atoms with Crippen molar-refractivity contribution in [2.24, 2.45) is 5.92 Å². The molecule has 0 aromatic heterocycles. The summed E-state index contributed by atoms with van der Waals surface area (Å²) in [5, 5.41) is 2.65. The van der Waals surface area contributed by atoms with Gasteiger partial charge in [0.25, 0.3) is 0 Å². The summed E-state index contributed by atoms with van der Waals surface area (Å²) < 4.78 is 38.3. The van der Waals surface area contributed by atoms with Gasteiger partial charge in [0, 0.05) is 12.5 Å². The fraction of sp³-hybridized carbons (Fsp3) is 0.562. The number of hydrogen-bond donors (Lipinski definition) is 1. The number of sulfonamides is 1. The van der Waals surface area contributed by atoms with Crippen LogP contribution in [-0.2, 0) is 14.8 Å². The second-order valence-corrected chi connectivity index (χ2v) is 8.37. The van der Waals surface area contributed by atoms with Gasteiger partial charge in [0.15, 0.2) is 0 Å². The molecule has 0 aliphatic heterocycles. The molecule has 0 radical (unpaired) electrons. The predicted molar refractivity (Wildman–Crippen MR) is 93.2 cm³/mol. The summed E-state index contributed by atoms with van der Waals surface area (Å²) in [5.41, 5.74) is 0.274. The quantitative estimate of drug-likeness (QED) is 0.830. The molecule has 2 rings (SSSR count). The first-order valence-corrected chi connectivity index (χ1v) is 10.2. The Hall–Kier alpha value is -1.34. The lowest BCUT2D eigenvalue weighted by atomic mass is 9.89. The molecule has 1 aliphatic rings. The van der Waals surface area contributed by atoms with E-state index in [1.54, 1.807) is 0 Å². The Morgan fingerprint density at radius 2 is 2.00 bits per heavy atom. The number of rotatable bonds is 6. The zero-order valence-electron chi connectivity index (χ0n) is 13.6. The second kappa shape index (κ2) is 8.16. The summed E-state index contributed by atoms with van der Waals surface area (Å²) in [4.78, 5) is 12.1. The van der Waals surface area contributed by atoms with Crippen LogP contribution in [0.4, 0.5) is 10.1 Å². The van der Waals surface area contributed by atoms with Crippen LogP contribution in [0.15, 0.2) is 18.2 Å². The van der Waals surface area contributed by atoms with E-state index in [1.807, 2.05) is 0 Å². The van der Waals surface area contributed by atoms with Gasteiger partial charge < -0.3 is 5.32 Å². The van der Waals surface area contributed by atoms with E-state index in [-0.39, 0.29) is 35.6 Å². The van der Waals surface area contributed by atoms with Crippen LogP contribution in [0.2, 0.25) is 5.02 Å². The first-order valence-electron chi connectivity index (χ1n) is 7.99. The monoisotopic (exact) mass is 376 g/mol. The molecule has 1 aromatic rings. The van der Waals surface area contributed by atoms with Gasteiger partial charge in [0.2, 0.25) is 15.9 Å². The first kappa shape index (κ1) is 19.0. The summed E-state index contributed by atoms with van der Waals surface area (Å²) in [5.74, 6) is -0.620. The van der Waals surface area contributed by atoms with Gasteiger partial charge in [0.05, 0.1) is 23.5 Å². The second-order valence-electron chi connectivity index (χ2n) is 6.06. The predicted octanol–water partition coefficient (Wildman–Crippen LogP) is 2.94. The van der Waals surface area contributed by atoms with Crippen LogP contribution in [-0.4, -0.2) is 33.7 Å². The van der Waals surface area contributed by atoms with Crippen molar-refractivity contribution in [3.8, 4) is 0 Å². The average Bonchev–Trinajstić information content (AvgIpc) is 2.54. The molecule has 0 saturated heterocycles. The van der Waals surface area contributed by atoms with Crippen molar-refractivity contribution in [1.29, 1.82) is 0 Å². The molecule has 1 N–H and O–H groups in total. The minimum absolute atomic E-state index is 0.0192. The van der Waals surface area contributed by atoms with Gasteiger partial charge in [-0.25, -0.2) is 12.8 Å². The lowest BCUT2D eigenvalue weighted by molar-refractivity contribution is -0.125. The molecule has 0 unspecified atom stereocenters. The van der Waals surface area contributed by atoms with E-state index in [0.717, 1.165) is 48.7 Å². The highest BCUT2D eigenvalue weighted by Gasteiger charge is 2.22. The molecular formula is C16H22ClFN2O3S. The standard InChI is InChI=1S/C16H22ClFN2O3S/c1-24(22,23)20(13-7-8-15(18)14(17)11-13)10-9-19-16(21)12-5-3-2-4-6-12/h7-8,11-12H,2-6,9-10H2,1H3,(H,19,21). The van der Waals surface area contributed by atoms with Gasteiger partial charge in [-0.05, 0) is 31.0 Å². The Bertz CT molecular complexity index is 691. The topological polar surface area (TPSA) is 66.5 Å². The van der Waals surface area contributed by atoms with Crippen molar-refractivity contribution in [3.63, 3.8) is 0 Å². The van der Waals surface area contributed by atoms with E-state index in [4.69, 9.17) is 11.6 Å². The highest BCUT2D eigenvalue weighted by molar-refractivity contribution is 7.92. The third-order valence-corrected chi connectivity index (χ3v) is 5.67. The number of anilines is 1. The number of carbonyl (C=O) groups excluding carboxylic acids is 1. The minimum atomic E-state index is -3.57. The zero-order chi connectivity index (χ0) is 17.7. The van der Waals surface area contributed by atoms with E-state index in [1.165, 1.54) is 12.1 Å². The van der Waals surface area contributed by atoms with Gasteiger partial charge in [-0.2, -0.15) is 0 Å². The largest absolute Gasteiger partial charge is 0.354 e. The summed E-state index contributed by atoms with van der Waals surface area (Å²) in [6.45, 7) is 0.261. The van der Waals surface area contributed by atoms with E-state index < -0.39 is 15.8 Å². The van der Waals surface area contributed by atoms with Crippen LogP contribution < -0.4 is 9.62 Å². The molecule has 24 heavy (non-hydrogen) atoms. The van der Waals surface area contributed by atoms with Crippen LogP contribution in [0.3, 0.4) is 0 Å². The smallest absolute Gasteiger partial charge is 0.232 e. The maximum Gasteiger partial charge on any atom is 0.232 e. The van der Waals surface area contributed by atoms with Crippen LogP contribution in [0.5, 0.6) is 0 Å². The number of nitrogens with one attached hydrogen (secondary N) is 1. The van der Waals surface area contributed by atoms with Crippen LogP contribution in [0.25, 0.3) is 0 Å². The Morgan fingerprint density at radius 3 is 2.58 bits per heavy atom. The van der Waals surface area contributed by atoms with E-state index >= 15 is 0 Å². The van der Waals surface area contributed by atoms with Crippen molar-refractivity contribution in [3.05, 3.63) is 29.0 Å². The minimum Gasteiger partial charge on any atom is -0.354 e. The van der Waals surface area contributed by atoms with E-state index in [2.05, 4.69) is 5.32 Å². The number of nitrogens with zero attached hydrogens (tertiary/aromatic N) is 1. The lowest BCUT2D eigenvalue weighted by Crippen LogP contribution is -2.40. The molecule has 0 atom stereocenters. The molecule has 1 saturated carbocycles. The molecule has 5 nitrogen and oxygen atoms in total. The average molecular weight is 377 g/mol. The highest BCUT2D eigenvalue weighted by atomic mass is 35.5. The van der Waals surface area contributed by atoms with Crippen molar-refractivity contribution >= 4 is 33.2 Å². The molecular weight excluding hydrogens is 355 g/mol. The molecule has 1 aromatic carbocycles. The SMILES string of the molecule is CS(=O)(=O)N(CCNC(=O)C1CCCCC1)c1ccc(F)c(Cl)c1. The van der Waals surface area contributed by atoms with Gasteiger partial charge in [0.1, 0.15) is 5.82 Å². The van der Waals surface area contributed by atoms with Gasteiger partial charge in [-0.3, -0.25) is 9.10 Å². The number of carbonyl (C=O) groups is 1. The van der Waals surface area contributed by atoms with Crippen LogP contribution in [0.1, 0.15) is 32.1 Å². The molecule has 1 fully saturated rings. The maximum absolute atomic E-state index is 13.3. The number of amides is 1. The molecule has 0 bridgehead atoms. The summed E-state index contributed by atoms with van der Waals surface area (Å²) in [7, 11) is -3.57. The fourth-order valence-electron chi connectivity index (χ4n) is 2.92. The fourth-order valence-corrected chi connectivity index (χ4v) is 4.01. The van der Waals surface area contributed by atoms with Crippen LogP contribution in [0, 0.1) is 11.7 Å². The van der Waals surface area contributed by atoms with Crippen molar-refractivity contribution in [1.82, 2.24) is 5.32 Å². The van der Waals surface area contributed by atoms with Gasteiger partial charge >= 0.3 is 0 Å². The maximum atomic E-state index is 13.3. The van der Waals surface area contributed by atoms with Crippen LogP contribution >= 0.6 is 11.6 Å². The number of benzene rings is 1. The molecule has 1 amide bonds. The number of hydrogen-bond acceptors (Lipinski definition) is 3. The third kappa shape index (κ3) is 5.08. The molecule has 8 heteroatoms. The van der Waals surface area contributed by atoms with Crippen molar-refractivity contribution < 1.29 is 17.6 Å². The van der Waals surface area contributed by atoms with Gasteiger partial charge in [-0.15, -0.1) is 0 Å². The van der Waals surface area contributed by atoms with Gasteiger partial charge in [-0.1, -0.05) is 30.9 Å². The van der Waals surface area contributed by atoms with Crippen molar-refractivity contribution in [2.45, 2.75) is 32.1 Å². The number of halogens is 2. The van der Waals surface area contributed by atoms with Crippen molar-refractivity contribution in [2.75, 3.05) is 23.7 Å². The Labute approximate surface area is 147 Å².